The van der Waals surface area contributed by atoms with Gasteiger partial charge in [0, 0.05) is 7.05 Å². The molecule has 3 N–H and O–H groups in total. The molecule has 1 aliphatic rings. The first-order chi connectivity index (χ1) is 8.50. The van der Waals surface area contributed by atoms with Crippen molar-refractivity contribution < 1.29 is 5.11 Å². The summed E-state index contributed by atoms with van der Waals surface area (Å²) in [4.78, 5) is 2.02. The molecule has 0 spiro atoms. The van der Waals surface area contributed by atoms with E-state index in [9.17, 15) is 5.11 Å². The van der Waals surface area contributed by atoms with Gasteiger partial charge >= 0.3 is 0 Å². The largest absolute Gasteiger partial charge is 0.397 e. The normalized spacial score (nSPS) is 24.0. The number of aliphatic hydroxyl groups excluding tert-OH is 1. The molecule has 1 aliphatic carbocycles. The van der Waals surface area contributed by atoms with Gasteiger partial charge in [0.2, 0.25) is 0 Å². The molecular formula is C13H18Cl2N2O. The molecule has 2 atom stereocenters. The van der Waals surface area contributed by atoms with Gasteiger partial charge in [-0.25, -0.2) is 0 Å². The summed E-state index contributed by atoms with van der Waals surface area (Å²) in [6.07, 6.45) is 3.72. The van der Waals surface area contributed by atoms with Crippen molar-refractivity contribution in [2.45, 2.75) is 37.8 Å². The molecule has 0 saturated heterocycles. The average molecular weight is 289 g/mol. The predicted octanol–water partition coefficient (Wildman–Crippen LogP) is 3.32. The van der Waals surface area contributed by atoms with Gasteiger partial charge in [0.05, 0.1) is 33.6 Å². The maximum atomic E-state index is 10.1. The Morgan fingerprint density at radius 1 is 1.22 bits per heavy atom. The molecule has 2 rings (SSSR count). The van der Waals surface area contributed by atoms with Crippen LogP contribution < -0.4 is 10.6 Å². The number of nitrogens with two attached hydrogens (primary N) is 1. The van der Waals surface area contributed by atoms with Crippen LogP contribution in [0.5, 0.6) is 0 Å². The lowest BCUT2D eigenvalue weighted by molar-refractivity contribution is 0.106. The van der Waals surface area contributed by atoms with Gasteiger partial charge < -0.3 is 15.7 Å². The zero-order valence-corrected chi connectivity index (χ0v) is 11.9. The van der Waals surface area contributed by atoms with Crippen molar-refractivity contribution in [3.8, 4) is 0 Å². The third-order valence-corrected chi connectivity index (χ3v) is 4.36. The lowest BCUT2D eigenvalue weighted by atomic mass is 9.91. The minimum absolute atomic E-state index is 0.0956. The first-order valence-corrected chi connectivity index (χ1v) is 6.91. The van der Waals surface area contributed by atoms with E-state index in [4.69, 9.17) is 28.9 Å². The lowest BCUT2D eigenvalue weighted by Gasteiger charge is -2.37. The second-order valence-electron chi connectivity index (χ2n) is 4.86. The van der Waals surface area contributed by atoms with Crippen molar-refractivity contribution >= 4 is 34.6 Å². The van der Waals surface area contributed by atoms with Crippen LogP contribution in [0.25, 0.3) is 0 Å². The smallest absolute Gasteiger partial charge is 0.0743 e. The zero-order chi connectivity index (χ0) is 13.3. The first kappa shape index (κ1) is 13.8. The Morgan fingerprint density at radius 2 is 1.83 bits per heavy atom. The molecule has 2 unspecified atom stereocenters. The van der Waals surface area contributed by atoms with E-state index in [1.165, 1.54) is 0 Å². The number of nitrogens with zero attached hydrogens (tertiary/aromatic N) is 1. The number of halogens is 2. The number of hydrogen-bond acceptors (Lipinski definition) is 3. The van der Waals surface area contributed by atoms with Crippen molar-refractivity contribution in [1.29, 1.82) is 0 Å². The van der Waals surface area contributed by atoms with E-state index in [0.29, 0.717) is 15.7 Å². The monoisotopic (exact) mass is 288 g/mol. The van der Waals surface area contributed by atoms with E-state index in [-0.39, 0.29) is 12.1 Å². The fraction of sp³-hybridized carbons (Fsp3) is 0.538. The quantitative estimate of drug-likeness (QED) is 0.821. The van der Waals surface area contributed by atoms with E-state index >= 15 is 0 Å². The fourth-order valence-electron chi connectivity index (χ4n) is 2.58. The van der Waals surface area contributed by atoms with Crippen LogP contribution in [-0.4, -0.2) is 24.3 Å². The van der Waals surface area contributed by atoms with Crippen molar-refractivity contribution in [2.24, 2.45) is 0 Å². The molecule has 5 heteroatoms. The van der Waals surface area contributed by atoms with Crippen molar-refractivity contribution in [1.82, 2.24) is 0 Å². The summed E-state index contributed by atoms with van der Waals surface area (Å²) in [6, 6.07) is 3.52. The highest BCUT2D eigenvalue weighted by Gasteiger charge is 2.27. The van der Waals surface area contributed by atoms with Crippen molar-refractivity contribution in [3.63, 3.8) is 0 Å². The molecule has 0 aromatic heterocycles. The Bertz CT molecular complexity index is 439. The number of benzene rings is 1. The second-order valence-corrected chi connectivity index (χ2v) is 5.67. The maximum absolute atomic E-state index is 10.1. The zero-order valence-electron chi connectivity index (χ0n) is 10.4. The minimum atomic E-state index is -0.308. The Morgan fingerprint density at radius 3 is 2.50 bits per heavy atom. The molecule has 0 amide bonds. The van der Waals surface area contributed by atoms with Gasteiger partial charge in [0.15, 0.2) is 0 Å². The maximum Gasteiger partial charge on any atom is 0.0743 e. The van der Waals surface area contributed by atoms with Crippen LogP contribution in [0.3, 0.4) is 0 Å². The molecule has 0 aliphatic heterocycles. The van der Waals surface area contributed by atoms with Gasteiger partial charge in [0.1, 0.15) is 0 Å². The lowest BCUT2D eigenvalue weighted by Crippen LogP contribution is -2.43. The van der Waals surface area contributed by atoms with Gasteiger partial charge in [-0.05, 0) is 25.0 Å². The van der Waals surface area contributed by atoms with Crippen LogP contribution in [0.4, 0.5) is 11.4 Å². The number of aliphatic hydroxyl groups is 1. The summed E-state index contributed by atoms with van der Waals surface area (Å²) in [5.41, 5.74) is 7.39. The van der Waals surface area contributed by atoms with Crippen LogP contribution in [0, 0.1) is 0 Å². The third kappa shape index (κ3) is 2.68. The molecular weight excluding hydrogens is 271 g/mol. The fourth-order valence-corrected chi connectivity index (χ4v) is 2.91. The van der Waals surface area contributed by atoms with Crippen molar-refractivity contribution in [2.75, 3.05) is 17.7 Å². The highest BCUT2D eigenvalue weighted by Crippen LogP contribution is 2.35. The van der Waals surface area contributed by atoms with Gasteiger partial charge in [-0.2, -0.15) is 0 Å². The molecule has 100 valence electrons. The Balaban J connectivity index is 2.27. The number of anilines is 2. The summed E-state index contributed by atoms with van der Waals surface area (Å²) in [6.45, 7) is 0. The second kappa shape index (κ2) is 5.55. The SMILES string of the molecule is CN(c1cc(Cl)c(Cl)cc1N)C1CCCCC1O. The van der Waals surface area contributed by atoms with Crippen LogP contribution in [-0.2, 0) is 0 Å². The minimum Gasteiger partial charge on any atom is -0.397 e. The Kier molecular flexibility index (Phi) is 4.25. The molecule has 0 bridgehead atoms. The van der Waals surface area contributed by atoms with Gasteiger partial charge in [-0.1, -0.05) is 36.0 Å². The van der Waals surface area contributed by atoms with E-state index in [2.05, 4.69) is 0 Å². The highest BCUT2D eigenvalue weighted by molar-refractivity contribution is 6.42. The van der Waals surface area contributed by atoms with E-state index in [0.717, 1.165) is 31.4 Å². The van der Waals surface area contributed by atoms with Crippen molar-refractivity contribution in [3.05, 3.63) is 22.2 Å². The predicted molar refractivity (Wildman–Crippen MR) is 77.5 cm³/mol. The molecule has 1 saturated carbocycles. The van der Waals surface area contributed by atoms with E-state index in [1.54, 1.807) is 12.1 Å². The highest BCUT2D eigenvalue weighted by atomic mass is 35.5. The van der Waals surface area contributed by atoms with Gasteiger partial charge in [0.25, 0.3) is 0 Å². The standard InChI is InChI=1S/C13H18Cl2N2O/c1-17(11-4-2-3-5-13(11)18)12-7-9(15)8(14)6-10(12)16/h6-7,11,13,18H,2-5,16H2,1H3. The van der Waals surface area contributed by atoms with Gasteiger partial charge in [-0.15, -0.1) is 0 Å². The Hall–Kier alpha value is -0.640. The van der Waals surface area contributed by atoms with Crippen LogP contribution >= 0.6 is 23.2 Å². The average Bonchev–Trinajstić information content (AvgIpc) is 2.33. The molecule has 1 aromatic carbocycles. The number of rotatable bonds is 2. The molecule has 1 aromatic rings. The first-order valence-electron chi connectivity index (χ1n) is 6.16. The number of hydrogen-bond donors (Lipinski definition) is 2. The summed E-state index contributed by atoms with van der Waals surface area (Å²) in [7, 11) is 1.94. The van der Waals surface area contributed by atoms with Crippen LogP contribution in [0.1, 0.15) is 25.7 Å². The van der Waals surface area contributed by atoms with Gasteiger partial charge in [-0.3, -0.25) is 0 Å². The number of likely N-dealkylation sites (N-methyl/N-ethyl adjacent to an activating group) is 1. The summed E-state index contributed by atoms with van der Waals surface area (Å²) in [5.74, 6) is 0. The molecule has 3 nitrogen and oxygen atoms in total. The molecule has 0 heterocycles. The summed E-state index contributed by atoms with van der Waals surface area (Å²) in [5, 5.41) is 11.0. The van der Waals surface area contributed by atoms with E-state index < -0.39 is 0 Å². The molecule has 1 fully saturated rings. The van der Waals surface area contributed by atoms with E-state index in [1.807, 2.05) is 11.9 Å². The molecule has 0 radical (unpaired) electrons. The Labute approximate surface area is 117 Å². The van der Waals surface area contributed by atoms with Crippen LogP contribution in [0.15, 0.2) is 12.1 Å². The summed E-state index contributed by atoms with van der Waals surface area (Å²) >= 11 is 12.0. The van der Waals surface area contributed by atoms with Crippen LogP contribution in [0.2, 0.25) is 10.0 Å². The summed E-state index contributed by atoms with van der Waals surface area (Å²) < 4.78 is 0. The molecule has 18 heavy (non-hydrogen) atoms. The third-order valence-electron chi connectivity index (χ3n) is 3.64. The number of nitrogen functional groups attached to an aromatic ring is 1. The topological polar surface area (TPSA) is 49.5 Å².